The molecular weight excluding hydrogens is 406 g/mol. The average Bonchev–Trinajstić information content (AvgIpc) is 3.32. The minimum absolute atomic E-state index is 0.0687. The Hall–Kier alpha value is -2.38. The van der Waals surface area contributed by atoms with Gasteiger partial charge in [-0.15, -0.1) is 0 Å². The summed E-state index contributed by atoms with van der Waals surface area (Å²) in [6.07, 6.45) is 7.06. The number of allylic oxidation sites excluding steroid dienone is 1. The Morgan fingerprint density at radius 2 is 1.88 bits per heavy atom. The topological polar surface area (TPSA) is 71.1 Å². The molecule has 4 aliphatic rings. The van der Waals surface area contributed by atoms with Crippen LogP contribution in [0.2, 0.25) is 0 Å². The average molecular weight is 440 g/mol. The van der Waals surface area contributed by atoms with Crippen molar-refractivity contribution in [1.29, 1.82) is 0 Å². The second-order valence-corrected chi connectivity index (χ2v) is 9.41. The molecule has 2 saturated heterocycles. The molecule has 3 aliphatic heterocycles. The van der Waals surface area contributed by atoms with Gasteiger partial charge < -0.3 is 19.7 Å². The molecule has 1 aromatic rings. The molecule has 32 heavy (non-hydrogen) atoms. The van der Waals surface area contributed by atoms with Gasteiger partial charge in [0.05, 0.1) is 0 Å². The number of nitrogens with one attached hydrogen (secondary N) is 1. The molecule has 1 N–H and O–H groups in total. The van der Waals surface area contributed by atoms with Crippen molar-refractivity contribution in [3.63, 3.8) is 0 Å². The lowest BCUT2D eigenvalue weighted by atomic mass is 10.0. The van der Waals surface area contributed by atoms with Crippen molar-refractivity contribution >= 4 is 11.8 Å². The Balaban J connectivity index is 1.27. The third-order valence-electron chi connectivity index (χ3n) is 7.25. The van der Waals surface area contributed by atoms with E-state index in [1.807, 2.05) is 18.2 Å². The molecule has 0 bridgehead atoms. The highest BCUT2D eigenvalue weighted by atomic mass is 16.5. The molecule has 3 heterocycles. The molecule has 3 fully saturated rings. The number of hydrogen-bond donors (Lipinski definition) is 1. The Kier molecular flexibility index (Phi) is 6.20. The number of rotatable bonds is 4. The second-order valence-electron chi connectivity index (χ2n) is 9.41. The summed E-state index contributed by atoms with van der Waals surface area (Å²) in [6.45, 7) is 8.10. The maximum absolute atomic E-state index is 13.0. The van der Waals surface area contributed by atoms with E-state index in [1.54, 1.807) is 4.90 Å². The number of fused-ring (bicyclic) bond motifs is 1. The van der Waals surface area contributed by atoms with Crippen molar-refractivity contribution in [3.8, 4) is 5.75 Å². The van der Waals surface area contributed by atoms with Crippen molar-refractivity contribution < 1.29 is 19.1 Å². The molecule has 7 nitrogen and oxygen atoms in total. The molecule has 1 saturated carbocycles. The molecule has 0 aromatic heterocycles. The first-order valence-corrected chi connectivity index (χ1v) is 12.0. The van der Waals surface area contributed by atoms with Gasteiger partial charge in [-0.2, -0.15) is 0 Å². The molecule has 1 unspecified atom stereocenters. The minimum atomic E-state index is -0.430. The number of amides is 2. The van der Waals surface area contributed by atoms with Crippen LogP contribution >= 0.6 is 0 Å². The lowest BCUT2D eigenvalue weighted by Crippen LogP contribution is -2.49. The van der Waals surface area contributed by atoms with Gasteiger partial charge in [0, 0.05) is 50.2 Å². The van der Waals surface area contributed by atoms with Crippen LogP contribution < -0.4 is 10.1 Å². The van der Waals surface area contributed by atoms with E-state index in [0.29, 0.717) is 31.0 Å². The van der Waals surface area contributed by atoms with Gasteiger partial charge >= 0.3 is 0 Å². The van der Waals surface area contributed by atoms with E-state index < -0.39 is 6.04 Å². The summed E-state index contributed by atoms with van der Waals surface area (Å²) in [4.78, 5) is 29.7. The zero-order valence-corrected chi connectivity index (χ0v) is 18.7. The monoisotopic (exact) mass is 439 g/mol. The Morgan fingerprint density at radius 1 is 1.06 bits per heavy atom. The third-order valence-corrected chi connectivity index (χ3v) is 7.25. The Labute approximate surface area is 189 Å². The summed E-state index contributed by atoms with van der Waals surface area (Å²) in [5.74, 6) is 0.624. The van der Waals surface area contributed by atoms with E-state index >= 15 is 0 Å². The van der Waals surface area contributed by atoms with E-state index in [4.69, 9.17) is 9.47 Å². The fraction of sp³-hybridized carbons (Fsp3) is 0.600. The van der Waals surface area contributed by atoms with Crippen LogP contribution in [-0.2, 0) is 16.1 Å². The van der Waals surface area contributed by atoms with Crippen LogP contribution in [0.15, 0.2) is 30.5 Å². The van der Waals surface area contributed by atoms with Crippen molar-refractivity contribution in [2.45, 2.75) is 69.7 Å². The first-order chi connectivity index (χ1) is 15.6. The SMILES string of the molecule is C=C1CCC(N2Cc3cc(O[C@@H]4CCC[C@@H]4N4CCCOCCC4)ccc3C2=O)C(=O)N1. The fourth-order valence-electron chi connectivity index (χ4n) is 5.63. The summed E-state index contributed by atoms with van der Waals surface area (Å²) in [5.41, 5.74) is 2.36. The number of carbonyl (C=O) groups excluding carboxylic acids is 2. The van der Waals surface area contributed by atoms with Crippen molar-refractivity contribution in [1.82, 2.24) is 15.1 Å². The molecule has 1 aliphatic carbocycles. The van der Waals surface area contributed by atoms with E-state index in [2.05, 4.69) is 16.8 Å². The van der Waals surface area contributed by atoms with E-state index in [1.165, 1.54) is 12.8 Å². The molecular formula is C25H33N3O4. The maximum Gasteiger partial charge on any atom is 0.255 e. The molecule has 7 heteroatoms. The number of ether oxygens (including phenoxy) is 2. The highest BCUT2D eigenvalue weighted by Crippen LogP contribution is 2.33. The lowest BCUT2D eigenvalue weighted by Gasteiger charge is -2.34. The molecule has 0 radical (unpaired) electrons. The van der Waals surface area contributed by atoms with Gasteiger partial charge in [-0.25, -0.2) is 0 Å². The fourth-order valence-corrected chi connectivity index (χ4v) is 5.63. The van der Waals surface area contributed by atoms with Crippen molar-refractivity contribution in [2.75, 3.05) is 26.3 Å². The number of hydrogen-bond acceptors (Lipinski definition) is 5. The van der Waals surface area contributed by atoms with Gasteiger partial charge in [0.15, 0.2) is 0 Å². The lowest BCUT2D eigenvalue weighted by molar-refractivity contribution is -0.126. The number of nitrogens with zero attached hydrogens (tertiary/aromatic N) is 2. The van der Waals surface area contributed by atoms with Gasteiger partial charge in [-0.1, -0.05) is 6.58 Å². The quantitative estimate of drug-likeness (QED) is 0.781. The predicted octanol–water partition coefficient (Wildman–Crippen LogP) is 2.85. The number of carbonyl (C=O) groups is 2. The van der Waals surface area contributed by atoms with Crippen LogP contribution in [0.3, 0.4) is 0 Å². The maximum atomic E-state index is 13.0. The normalized spacial score (nSPS) is 29.4. The van der Waals surface area contributed by atoms with E-state index in [-0.39, 0.29) is 17.9 Å². The molecule has 2 amide bonds. The molecule has 0 spiro atoms. The number of benzene rings is 1. The smallest absolute Gasteiger partial charge is 0.255 e. The Morgan fingerprint density at radius 3 is 2.66 bits per heavy atom. The van der Waals surface area contributed by atoms with Crippen molar-refractivity contribution in [2.24, 2.45) is 0 Å². The third kappa shape index (κ3) is 4.28. The van der Waals surface area contributed by atoms with Crippen molar-refractivity contribution in [3.05, 3.63) is 41.6 Å². The van der Waals surface area contributed by atoms with Gasteiger partial charge in [0.1, 0.15) is 17.9 Å². The highest BCUT2D eigenvalue weighted by molar-refractivity contribution is 6.01. The van der Waals surface area contributed by atoms with Gasteiger partial charge in [-0.05, 0) is 68.7 Å². The zero-order chi connectivity index (χ0) is 22.1. The summed E-state index contributed by atoms with van der Waals surface area (Å²) in [7, 11) is 0. The van der Waals surface area contributed by atoms with Crippen LogP contribution in [0.5, 0.6) is 5.75 Å². The first-order valence-electron chi connectivity index (χ1n) is 12.0. The standard InChI is InChI=1S/C25H33N3O4/c1-17-7-10-22(24(29)26-17)28-16-18-15-19(8-9-20(18)25(28)30)32-23-6-2-5-21(23)27-11-3-13-31-14-4-12-27/h8-9,15,21-23H,1-7,10-14,16H2,(H,26,29)/t21-,22?,23+/m0/s1. The molecule has 172 valence electrons. The summed E-state index contributed by atoms with van der Waals surface area (Å²) >= 11 is 0. The minimum Gasteiger partial charge on any atom is -0.489 e. The zero-order valence-electron chi connectivity index (χ0n) is 18.7. The molecule has 3 atom stereocenters. The Bertz CT molecular complexity index is 893. The van der Waals surface area contributed by atoms with Gasteiger partial charge in [0.25, 0.3) is 5.91 Å². The van der Waals surface area contributed by atoms with E-state index in [9.17, 15) is 9.59 Å². The van der Waals surface area contributed by atoms with E-state index in [0.717, 1.165) is 62.6 Å². The summed E-state index contributed by atoms with van der Waals surface area (Å²) in [6, 6.07) is 5.80. The van der Waals surface area contributed by atoms with Crippen LogP contribution in [0.4, 0.5) is 0 Å². The van der Waals surface area contributed by atoms with Crippen LogP contribution in [-0.4, -0.2) is 66.1 Å². The largest absolute Gasteiger partial charge is 0.489 e. The van der Waals surface area contributed by atoms with Crippen LogP contribution in [0.25, 0.3) is 0 Å². The first kappa shape index (κ1) is 21.5. The highest BCUT2D eigenvalue weighted by Gasteiger charge is 2.39. The summed E-state index contributed by atoms with van der Waals surface area (Å²) in [5, 5.41) is 2.79. The van der Waals surface area contributed by atoms with Gasteiger partial charge in [0.2, 0.25) is 5.91 Å². The summed E-state index contributed by atoms with van der Waals surface area (Å²) < 4.78 is 12.1. The predicted molar refractivity (Wildman–Crippen MR) is 120 cm³/mol. The number of piperidine rings is 1. The van der Waals surface area contributed by atoms with Crippen LogP contribution in [0, 0.1) is 0 Å². The molecule has 5 rings (SSSR count). The molecule has 1 aromatic carbocycles. The van der Waals surface area contributed by atoms with Crippen LogP contribution in [0.1, 0.15) is 60.9 Å². The van der Waals surface area contributed by atoms with Gasteiger partial charge in [-0.3, -0.25) is 14.5 Å². The second kappa shape index (κ2) is 9.24.